The van der Waals surface area contributed by atoms with Crippen molar-refractivity contribution < 1.29 is 9.47 Å². The highest BCUT2D eigenvalue weighted by Crippen LogP contribution is 2.38. The number of anilines is 1. The molecular weight excluding hydrogens is 302 g/mol. The highest BCUT2D eigenvalue weighted by Gasteiger charge is 2.26. The van der Waals surface area contributed by atoms with Gasteiger partial charge in [-0.2, -0.15) is 4.98 Å². The van der Waals surface area contributed by atoms with Crippen LogP contribution in [0.4, 0.5) is 5.82 Å². The van der Waals surface area contributed by atoms with Crippen LogP contribution in [0.15, 0.2) is 17.1 Å². The Morgan fingerprint density at radius 1 is 1.55 bits per heavy atom. The summed E-state index contributed by atoms with van der Waals surface area (Å²) in [7, 11) is 3.43. The lowest BCUT2D eigenvalue weighted by Crippen LogP contribution is -2.32. The second-order valence-corrected chi connectivity index (χ2v) is 8.34. The maximum atomic E-state index is 12.3. The van der Waals surface area contributed by atoms with Gasteiger partial charge in [0.25, 0.3) is 0 Å². The number of hydrogen-bond acceptors (Lipinski definition) is 5. The molecule has 1 aliphatic heterocycles. The fourth-order valence-corrected chi connectivity index (χ4v) is 4.68. The van der Waals surface area contributed by atoms with Crippen molar-refractivity contribution in [3.8, 4) is 0 Å². The van der Waals surface area contributed by atoms with Crippen molar-refractivity contribution in [2.24, 2.45) is 0 Å². The third kappa shape index (κ3) is 4.02. The standard InChI is InChI=1S/C15H27N3O3S/c1-11(2)17(4)13-6-7-18(15(19)16-13)14-9-22(10-21-14)8-12(3)20-5/h6-7,11-12,14,22H,8-10H2,1-5H3/t12?,14-/m0/s1. The summed E-state index contributed by atoms with van der Waals surface area (Å²) in [4.78, 5) is 18.4. The smallest absolute Gasteiger partial charge is 0.351 e. The third-order valence-corrected chi connectivity index (χ3v) is 6.42. The molecule has 1 fully saturated rings. The lowest BCUT2D eigenvalue weighted by molar-refractivity contribution is 0.0637. The summed E-state index contributed by atoms with van der Waals surface area (Å²) in [5, 5.41) is 0. The van der Waals surface area contributed by atoms with E-state index in [1.165, 1.54) is 0 Å². The molecule has 0 radical (unpaired) electrons. The Morgan fingerprint density at radius 2 is 2.27 bits per heavy atom. The summed E-state index contributed by atoms with van der Waals surface area (Å²) >= 11 is 0. The number of hydrogen-bond donors (Lipinski definition) is 1. The number of thiol groups is 1. The Balaban J connectivity index is 2.06. The predicted molar refractivity (Wildman–Crippen MR) is 92.2 cm³/mol. The van der Waals surface area contributed by atoms with Gasteiger partial charge in [0.15, 0.2) is 0 Å². The van der Waals surface area contributed by atoms with E-state index in [0.29, 0.717) is 11.9 Å². The molecule has 0 aromatic carbocycles. The zero-order valence-electron chi connectivity index (χ0n) is 14.0. The fraction of sp³-hybridized carbons (Fsp3) is 0.733. The molecule has 22 heavy (non-hydrogen) atoms. The Hall–Kier alpha value is -1.05. The molecule has 1 aromatic rings. The molecule has 0 saturated carbocycles. The Kier molecular flexibility index (Phi) is 5.88. The number of aromatic nitrogens is 2. The van der Waals surface area contributed by atoms with Crippen molar-refractivity contribution in [2.75, 3.05) is 36.5 Å². The fourth-order valence-electron chi connectivity index (χ4n) is 2.34. The number of rotatable bonds is 6. The molecule has 126 valence electrons. The van der Waals surface area contributed by atoms with Crippen molar-refractivity contribution >= 4 is 16.7 Å². The van der Waals surface area contributed by atoms with Crippen LogP contribution < -0.4 is 10.6 Å². The normalized spacial score (nSPS) is 24.6. The summed E-state index contributed by atoms with van der Waals surface area (Å²) in [5.41, 5.74) is -0.244. The van der Waals surface area contributed by atoms with Crippen LogP contribution in [-0.4, -0.2) is 53.3 Å². The Labute approximate surface area is 134 Å². The first-order valence-electron chi connectivity index (χ1n) is 7.61. The predicted octanol–water partition coefficient (Wildman–Crippen LogP) is 1.61. The average Bonchev–Trinajstić information content (AvgIpc) is 2.94. The van der Waals surface area contributed by atoms with Crippen LogP contribution in [-0.2, 0) is 9.47 Å². The van der Waals surface area contributed by atoms with E-state index in [-0.39, 0.29) is 28.9 Å². The van der Waals surface area contributed by atoms with Gasteiger partial charge in [-0.3, -0.25) is 4.57 Å². The van der Waals surface area contributed by atoms with Gasteiger partial charge in [0.2, 0.25) is 0 Å². The first kappa shape index (κ1) is 17.3. The molecule has 1 saturated heterocycles. The van der Waals surface area contributed by atoms with Crippen LogP contribution in [0.2, 0.25) is 0 Å². The largest absolute Gasteiger partial charge is 0.381 e. The minimum absolute atomic E-state index is 0.187. The molecule has 6 nitrogen and oxygen atoms in total. The summed E-state index contributed by atoms with van der Waals surface area (Å²) in [6, 6.07) is 2.18. The third-order valence-electron chi connectivity index (χ3n) is 4.04. The summed E-state index contributed by atoms with van der Waals surface area (Å²) in [6.45, 7) is 6.20. The van der Waals surface area contributed by atoms with Crippen molar-refractivity contribution in [2.45, 2.75) is 39.1 Å². The van der Waals surface area contributed by atoms with E-state index in [9.17, 15) is 4.79 Å². The monoisotopic (exact) mass is 329 g/mol. The number of ether oxygens (including phenoxy) is 2. The summed E-state index contributed by atoms with van der Waals surface area (Å²) in [5.74, 6) is 3.33. The lowest BCUT2D eigenvalue weighted by Gasteiger charge is -2.23. The molecule has 0 aliphatic carbocycles. The molecule has 7 heteroatoms. The lowest BCUT2D eigenvalue weighted by atomic mass is 10.3. The van der Waals surface area contributed by atoms with Crippen LogP contribution in [0.3, 0.4) is 0 Å². The molecule has 0 amide bonds. The van der Waals surface area contributed by atoms with E-state index in [4.69, 9.17) is 9.47 Å². The molecule has 0 spiro atoms. The van der Waals surface area contributed by atoms with Crippen molar-refractivity contribution in [1.82, 2.24) is 9.55 Å². The van der Waals surface area contributed by atoms with Gasteiger partial charge in [-0.25, -0.2) is 15.7 Å². The van der Waals surface area contributed by atoms with Crippen LogP contribution in [0.1, 0.15) is 27.0 Å². The zero-order valence-corrected chi connectivity index (χ0v) is 14.9. The number of nitrogens with zero attached hydrogens (tertiary/aromatic N) is 3. The minimum Gasteiger partial charge on any atom is -0.381 e. The van der Waals surface area contributed by atoms with E-state index in [0.717, 1.165) is 17.4 Å². The van der Waals surface area contributed by atoms with Crippen molar-refractivity contribution in [1.29, 1.82) is 0 Å². The van der Waals surface area contributed by atoms with E-state index in [1.807, 2.05) is 18.0 Å². The molecule has 1 aromatic heterocycles. The molecule has 2 unspecified atom stereocenters. The highest BCUT2D eigenvalue weighted by atomic mass is 32.2. The maximum absolute atomic E-state index is 12.3. The molecule has 3 atom stereocenters. The van der Waals surface area contributed by atoms with E-state index < -0.39 is 0 Å². The van der Waals surface area contributed by atoms with Gasteiger partial charge < -0.3 is 14.4 Å². The Morgan fingerprint density at radius 3 is 2.86 bits per heavy atom. The Bertz CT molecular complexity index is 549. The van der Waals surface area contributed by atoms with Gasteiger partial charge in [0, 0.05) is 37.9 Å². The summed E-state index contributed by atoms with van der Waals surface area (Å²) < 4.78 is 12.7. The van der Waals surface area contributed by atoms with Gasteiger partial charge in [-0.1, -0.05) is 0 Å². The van der Waals surface area contributed by atoms with Gasteiger partial charge in [-0.05, 0) is 26.8 Å². The van der Waals surface area contributed by atoms with Gasteiger partial charge in [-0.15, -0.1) is 0 Å². The second kappa shape index (κ2) is 7.48. The molecule has 2 heterocycles. The first-order valence-corrected chi connectivity index (χ1v) is 9.51. The molecule has 1 aliphatic rings. The van der Waals surface area contributed by atoms with Crippen molar-refractivity contribution in [3.63, 3.8) is 0 Å². The van der Waals surface area contributed by atoms with Gasteiger partial charge in [0.1, 0.15) is 12.0 Å². The maximum Gasteiger partial charge on any atom is 0.351 e. The minimum atomic E-state index is -0.244. The van der Waals surface area contributed by atoms with Gasteiger partial charge in [0.05, 0.1) is 12.0 Å². The van der Waals surface area contributed by atoms with Crippen LogP contribution in [0.25, 0.3) is 0 Å². The molecular formula is C15H27N3O3S. The van der Waals surface area contributed by atoms with Gasteiger partial charge >= 0.3 is 5.69 Å². The second-order valence-electron chi connectivity index (χ2n) is 6.01. The first-order chi connectivity index (χ1) is 10.4. The molecule has 0 N–H and O–H groups in total. The molecule has 2 rings (SSSR count). The zero-order chi connectivity index (χ0) is 16.3. The SMILES string of the molecule is COC(C)C[SH]1CO[C@H](n2ccc(N(C)C(C)C)nc2=O)C1. The van der Waals surface area contributed by atoms with Crippen LogP contribution in [0.5, 0.6) is 0 Å². The van der Waals surface area contributed by atoms with Crippen molar-refractivity contribution in [3.05, 3.63) is 22.7 Å². The highest BCUT2D eigenvalue weighted by molar-refractivity contribution is 8.17. The van der Waals surface area contributed by atoms with Crippen LogP contribution in [0, 0.1) is 0 Å². The molecule has 0 bridgehead atoms. The summed E-state index contributed by atoms with van der Waals surface area (Å²) in [6.07, 6.45) is 1.85. The quantitative estimate of drug-likeness (QED) is 0.804. The van der Waals surface area contributed by atoms with E-state index >= 15 is 0 Å². The number of methoxy groups -OCH3 is 1. The van der Waals surface area contributed by atoms with Crippen LogP contribution >= 0.6 is 10.9 Å². The van der Waals surface area contributed by atoms with E-state index in [2.05, 4.69) is 25.8 Å². The average molecular weight is 329 g/mol. The van der Waals surface area contributed by atoms with E-state index in [1.54, 1.807) is 17.9 Å². The topological polar surface area (TPSA) is 56.6 Å².